The summed E-state index contributed by atoms with van der Waals surface area (Å²) in [7, 11) is 1.31. The Morgan fingerprint density at radius 1 is 1.60 bits per heavy atom. The summed E-state index contributed by atoms with van der Waals surface area (Å²) in [6.45, 7) is 4.03. The predicted molar refractivity (Wildman–Crippen MR) is 35.4 cm³/mol. The first kappa shape index (κ1) is 11.7. The molecule has 0 spiro atoms. The summed E-state index contributed by atoms with van der Waals surface area (Å²) in [5, 5.41) is 0. The molecule has 0 radical (unpaired) electrons. The van der Waals surface area contributed by atoms with Crippen molar-refractivity contribution in [1.82, 2.24) is 0 Å². The SMILES string of the molecule is CCOC(C)=O.COC=O. The van der Waals surface area contributed by atoms with Gasteiger partial charge in [0.25, 0.3) is 6.47 Å². The third-order valence-corrected chi connectivity index (χ3v) is 0.444. The van der Waals surface area contributed by atoms with Crippen molar-refractivity contribution in [2.45, 2.75) is 13.8 Å². The zero-order valence-corrected chi connectivity index (χ0v) is 6.42. The van der Waals surface area contributed by atoms with Gasteiger partial charge >= 0.3 is 5.97 Å². The van der Waals surface area contributed by atoms with Gasteiger partial charge < -0.3 is 9.47 Å². The van der Waals surface area contributed by atoms with E-state index in [4.69, 9.17) is 4.79 Å². The molecule has 4 nitrogen and oxygen atoms in total. The van der Waals surface area contributed by atoms with Crippen LogP contribution in [0.2, 0.25) is 0 Å². The maximum Gasteiger partial charge on any atom is 0.302 e. The minimum atomic E-state index is -0.211. The van der Waals surface area contributed by atoms with Crippen LogP contribution in [0.25, 0.3) is 0 Å². The van der Waals surface area contributed by atoms with Crippen LogP contribution in [-0.4, -0.2) is 26.2 Å². The average Bonchev–Trinajstić information content (AvgIpc) is 1.89. The lowest BCUT2D eigenvalue weighted by Crippen LogP contribution is -1.95. The van der Waals surface area contributed by atoms with Crippen molar-refractivity contribution in [2.75, 3.05) is 13.7 Å². The maximum absolute atomic E-state index is 9.82. The first-order valence-corrected chi connectivity index (χ1v) is 2.78. The lowest BCUT2D eigenvalue weighted by molar-refractivity contribution is -0.140. The second-order valence-electron chi connectivity index (χ2n) is 1.26. The molecule has 0 aromatic carbocycles. The highest BCUT2D eigenvalue weighted by molar-refractivity contribution is 5.65. The van der Waals surface area contributed by atoms with Crippen LogP contribution in [0.5, 0.6) is 0 Å². The lowest BCUT2D eigenvalue weighted by Gasteiger charge is -1.89. The molecule has 10 heavy (non-hydrogen) atoms. The predicted octanol–water partition coefficient (Wildman–Crippen LogP) is 0.359. The average molecular weight is 148 g/mol. The molecule has 0 saturated heterocycles. The topological polar surface area (TPSA) is 52.6 Å². The van der Waals surface area contributed by atoms with Gasteiger partial charge in [-0.05, 0) is 6.92 Å². The summed E-state index contributed by atoms with van der Waals surface area (Å²) in [6, 6.07) is 0. The third-order valence-electron chi connectivity index (χ3n) is 0.444. The third kappa shape index (κ3) is 28.3. The van der Waals surface area contributed by atoms with Crippen LogP contribution < -0.4 is 0 Å². The molecule has 0 unspecified atom stereocenters. The van der Waals surface area contributed by atoms with E-state index in [-0.39, 0.29) is 5.97 Å². The summed E-state index contributed by atoms with van der Waals surface area (Å²) in [6.07, 6.45) is 0. The molecule has 0 rings (SSSR count). The quantitative estimate of drug-likeness (QED) is 0.419. The van der Waals surface area contributed by atoms with Gasteiger partial charge in [0.2, 0.25) is 0 Å². The van der Waals surface area contributed by atoms with Crippen molar-refractivity contribution >= 4 is 12.4 Å². The largest absolute Gasteiger partial charge is 0.471 e. The van der Waals surface area contributed by atoms with Crippen LogP contribution in [0.3, 0.4) is 0 Å². The molecule has 0 aliphatic carbocycles. The molecule has 0 aliphatic heterocycles. The Labute approximate surface area is 60.1 Å². The summed E-state index contributed by atoms with van der Waals surface area (Å²) >= 11 is 0. The van der Waals surface area contributed by atoms with Gasteiger partial charge in [0.05, 0.1) is 13.7 Å². The fourth-order valence-corrected chi connectivity index (χ4v) is 0.203. The van der Waals surface area contributed by atoms with E-state index in [0.717, 1.165) is 0 Å². The second kappa shape index (κ2) is 10.8. The molecular weight excluding hydrogens is 136 g/mol. The van der Waals surface area contributed by atoms with Crippen LogP contribution in [0.4, 0.5) is 0 Å². The maximum atomic E-state index is 9.82. The molecule has 0 aromatic heterocycles. The Bertz CT molecular complexity index is 89.7. The molecule has 4 heteroatoms. The number of ether oxygens (including phenoxy) is 2. The van der Waals surface area contributed by atoms with E-state index < -0.39 is 0 Å². The summed E-state index contributed by atoms with van der Waals surface area (Å²) in [4.78, 5) is 18.8. The first-order chi connectivity index (χ1) is 4.68. The molecule has 60 valence electrons. The Morgan fingerprint density at radius 3 is 2.00 bits per heavy atom. The zero-order chi connectivity index (χ0) is 8.41. The Kier molecular flexibility index (Phi) is 12.7. The van der Waals surface area contributed by atoms with Gasteiger partial charge in [-0.3, -0.25) is 9.59 Å². The minimum Gasteiger partial charge on any atom is -0.471 e. The number of carbonyl (C=O) groups excluding carboxylic acids is 2. The van der Waals surface area contributed by atoms with Gasteiger partial charge in [0, 0.05) is 6.92 Å². The first-order valence-electron chi connectivity index (χ1n) is 2.78. The summed E-state index contributed by atoms with van der Waals surface area (Å²) < 4.78 is 8.26. The van der Waals surface area contributed by atoms with E-state index in [1.54, 1.807) is 6.92 Å². The molecular formula is C6H12O4. The van der Waals surface area contributed by atoms with E-state index in [0.29, 0.717) is 13.1 Å². The highest BCUT2D eigenvalue weighted by Gasteiger charge is 1.81. The van der Waals surface area contributed by atoms with Crippen molar-refractivity contribution in [3.8, 4) is 0 Å². The molecule has 0 bridgehead atoms. The summed E-state index contributed by atoms with van der Waals surface area (Å²) in [5.74, 6) is -0.211. The van der Waals surface area contributed by atoms with Crippen molar-refractivity contribution < 1.29 is 19.1 Å². The van der Waals surface area contributed by atoms with Crippen LogP contribution in [0, 0.1) is 0 Å². The Hall–Kier alpha value is -1.06. The van der Waals surface area contributed by atoms with Gasteiger partial charge in [-0.25, -0.2) is 0 Å². The van der Waals surface area contributed by atoms with E-state index in [9.17, 15) is 4.79 Å². The normalized spacial score (nSPS) is 6.70. The van der Waals surface area contributed by atoms with Gasteiger partial charge in [0.1, 0.15) is 0 Å². The number of esters is 1. The molecule has 0 aromatic rings. The highest BCUT2D eigenvalue weighted by atomic mass is 16.5. The molecule has 0 N–H and O–H groups in total. The van der Waals surface area contributed by atoms with Gasteiger partial charge in [-0.15, -0.1) is 0 Å². The van der Waals surface area contributed by atoms with Gasteiger partial charge in [0.15, 0.2) is 0 Å². The van der Waals surface area contributed by atoms with Gasteiger partial charge in [-0.2, -0.15) is 0 Å². The molecule has 0 atom stereocenters. The molecule has 0 aliphatic rings. The van der Waals surface area contributed by atoms with Crippen LogP contribution in [0.1, 0.15) is 13.8 Å². The highest BCUT2D eigenvalue weighted by Crippen LogP contribution is 1.69. The number of hydrogen-bond acceptors (Lipinski definition) is 4. The number of carbonyl (C=O) groups is 2. The van der Waals surface area contributed by atoms with Crippen LogP contribution in [0.15, 0.2) is 0 Å². The van der Waals surface area contributed by atoms with E-state index in [2.05, 4.69) is 9.47 Å². The van der Waals surface area contributed by atoms with Crippen molar-refractivity contribution in [1.29, 1.82) is 0 Å². The second-order valence-corrected chi connectivity index (χ2v) is 1.26. The minimum absolute atomic E-state index is 0.211. The molecule has 0 heterocycles. The fourth-order valence-electron chi connectivity index (χ4n) is 0.203. The zero-order valence-electron chi connectivity index (χ0n) is 6.42. The van der Waals surface area contributed by atoms with E-state index in [1.165, 1.54) is 14.0 Å². The summed E-state index contributed by atoms with van der Waals surface area (Å²) in [5.41, 5.74) is 0. The monoisotopic (exact) mass is 148 g/mol. The number of rotatable bonds is 2. The van der Waals surface area contributed by atoms with Crippen molar-refractivity contribution in [3.63, 3.8) is 0 Å². The number of hydrogen-bond donors (Lipinski definition) is 0. The Balaban J connectivity index is 0. The number of methoxy groups -OCH3 is 1. The molecule has 0 saturated carbocycles. The lowest BCUT2D eigenvalue weighted by atomic mass is 10.8. The molecule has 0 fully saturated rings. The Morgan fingerprint density at radius 2 is 2.00 bits per heavy atom. The van der Waals surface area contributed by atoms with Gasteiger partial charge in [-0.1, -0.05) is 0 Å². The van der Waals surface area contributed by atoms with Crippen molar-refractivity contribution in [3.05, 3.63) is 0 Å². The van der Waals surface area contributed by atoms with E-state index in [1.807, 2.05) is 0 Å². The van der Waals surface area contributed by atoms with Crippen molar-refractivity contribution in [2.24, 2.45) is 0 Å². The fraction of sp³-hybridized carbons (Fsp3) is 0.667. The standard InChI is InChI=1S/C4H8O2.C2H4O2/c1-3-6-4(2)5;1-4-2-3/h3H2,1-2H3;2H,1H3. The van der Waals surface area contributed by atoms with E-state index >= 15 is 0 Å². The van der Waals surface area contributed by atoms with Crippen LogP contribution >= 0.6 is 0 Å². The molecule has 0 amide bonds. The smallest absolute Gasteiger partial charge is 0.302 e. The van der Waals surface area contributed by atoms with Crippen LogP contribution in [-0.2, 0) is 19.1 Å².